The highest BCUT2D eigenvalue weighted by Crippen LogP contribution is 2.32. The number of rotatable bonds is 16. The quantitative estimate of drug-likeness (QED) is 0.178. The minimum absolute atomic E-state index is 0.00761. The Kier molecular flexibility index (Phi) is 16.0. The molecule has 5 atom stereocenters. The van der Waals surface area contributed by atoms with Crippen molar-refractivity contribution in [2.75, 3.05) is 40.8 Å². The van der Waals surface area contributed by atoms with Gasteiger partial charge in [0.15, 0.2) is 0 Å². The summed E-state index contributed by atoms with van der Waals surface area (Å²) in [6, 6.07) is -4.24. The molecule has 14 nitrogen and oxygen atoms in total. The summed E-state index contributed by atoms with van der Waals surface area (Å²) in [7, 11) is 0.561. The molecule has 0 aromatic rings. The van der Waals surface area contributed by atoms with E-state index in [0.29, 0.717) is 19.3 Å². The second kappa shape index (κ2) is 17.7. The van der Waals surface area contributed by atoms with Gasteiger partial charge in [-0.1, -0.05) is 75.2 Å². The van der Waals surface area contributed by atoms with Crippen molar-refractivity contribution in [1.82, 2.24) is 34.8 Å². The molecule has 0 aliphatic carbocycles. The van der Waals surface area contributed by atoms with E-state index < -0.39 is 74.7 Å². The van der Waals surface area contributed by atoms with E-state index in [2.05, 4.69) is 21.3 Å². The predicted octanol–water partition coefficient (Wildman–Crippen LogP) is 2.11. The molecule has 278 valence electrons. The third-order valence-corrected chi connectivity index (χ3v) is 10.8. The zero-order chi connectivity index (χ0) is 37.4. The summed E-state index contributed by atoms with van der Waals surface area (Å²) in [5.74, 6) is -2.30. The van der Waals surface area contributed by atoms with Crippen LogP contribution in [-0.2, 0) is 29.4 Å². The minimum atomic E-state index is -3.74. The van der Waals surface area contributed by atoms with Crippen molar-refractivity contribution in [3.8, 4) is 0 Å². The number of amides is 5. The molecule has 0 radical (unpaired) electrons. The highest BCUT2D eigenvalue weighted by atomic mass is 32.2. The van der Waals surface area contributed by atoms with Crippen LogP contribution >= 0.6 is 0 Å². The minimum Gasteiger partial charge on any atom is -0.350 e. The molecular formula is C33H63N7O7S. The van der Waals surface area contributed by atoms with Crippen LogP contribution < -0.4 is 21.3 Å². The van der Waals surface area contributed by atoms with Crippen molar-refractivity contribution in [1.29, 1.82) is 0 Å². The molecule has 1 heterocycles. The average Bonchev–Trinajstić information content (AvgIpc) is 3.42. The van der Waals surface area contributed by atoms with Crippen LogP contribution in [0.1, 0.15) is 94.9 Å². The number of unbranched alkanes of at least 4 members (excludes halogenated alkanes) is 1. The zero-order valence-corrected chi connectivity index (χ0v) is 32.3. The molecule has 0 bridgehead atoms. The number of hydrogen-bond acceptors (Lipinski definition) is 7. The van der Waals surface area contributed by atoms with Crippen molar-refractivity contribution >= 4 is 39.7 Å². The lowest BCUT2D eigenvalue weighted by atomic mass is 9.85. The Balaban J connectivity index is 3.36. The molecule has 0 aromatic heterocycles. The molecule has 0 saturated carbocycles. The molecule has 1 saturated heterocycles. The SMILES string of the molecule is CCCCC(NC(=O)[C@@H]1C[C@@H](C(C)C)CN1C(=O)[C@@H](NC(=O)N[C@H](CN(C)S(=O)(=O)N(C)C)C(C)(C)C)C(C)(C)C)C(=O)C(=O)NCC. The van der Waals surface area contributed by atoms with E-state index in [-0.39, 0.29) is 31.5 Å². The molecule has 15 heteroatoms. The highest BCUT2D eigenvalue weighted by molar-refractivity contribution is 7.86. The number of hydrogen-bond donors (Lipinski definition) is 4. The van der Waals surface area contributed by atoms with Crippen LogP contribution in [0.4, 0.5) is 4.79 Å². The van der Waals surface area contributed by atoms with Crippen molar-refractivity contribution in [3.63, 3.8) is 0 Å². The van der Waals surface area contributed by atoms with Gasteiger partial charge in [-0.05, 0) is 42.4 Å². The molecule has 1 fully saturated rings. The summed E-state index contributed by atoms with van der Waals surface area (Å²) >= 11 is 0. The molecule has 5 amide bonds. The largest absolute Gasteiger partial charge is 0.350 e. The van der Waals surface area contributed by atoms with Gasteiger partial charge >= 0.3 is 6.03 Å². The van der Waals surface area contributed by atoms with E-state index in [1.54, 1.807) is 6.92 Å². The molecular weight excluding hydrogens is 638 g/mol. The van der Waals surface area contributed by atoms with Gasteiger partial charge in [0, 0.05) is 46.8 Å². The molecule has 1 rings (SSSR count). The van der Waals surface area contributed by atoms with Crippen LogP contribution in [0.15, 0.2) is 0 Å². The van der Waals surface area contributed by atoms with E-state index in [1.807, 2.05) is 62.3 Å². The Morgan fingerprint density at radius 3 is 1.94 bits per heavy atom. The van der Waals surface area contributed by atoms with Crippen LogP contribution in [0, 0.1) is 22.7 Å². The third kappa shape index (κ3) is 12.0. The first kappa shape index (κ1) is 43.2. The number of nitrogens with one attached hydrogen (secondary N) is 4. The third-order valence-electron chi connectivity index (χ3n) is 8.94. The standard InChI is InChI=1S/C33H63N7O7S/c1-14-16-17-23(26(41)29(43)34-15-2)35-28(42)24-18-22(21(3)4)19-40(24)30(44)27(33(8,9)10)37-31(45)36-25(32(5,6)7)20-39(13)48(46,47)38(11)12/h21-25,27H,14-20H2,1-13H3,(H,34,43)(H,35,42)(H2,36,37,45)/t22-,23?,24+,25-,27-/m1/s1. The number of carbonyl (C=O) groups is 5. The van der Waals surface area contributed by atoms with Crippen molar-refractivity contribution in [2.45, 2.75) is 119 Å². The van der Waals surface area contributed by atoms with Gasteiger partial charge in [0.1, 0.15) is 12.1 Å². The molecule has 1 aliphatic rings. The van der Waals surface area contributed by atoms with Crippen LogP contribution in [0.2, 0.25) is 0 Å². The van der Waals surface area contributed by atoms with Crippen molar-refractivity contribution in [3.05, 3.63) is 0 Å². The monoisotopic (exact) mass is 701 g/mol. The van der Waals surface area contributed by atoms with Crippen molar-refractivity contribution in [2.24, 2.45) is 22.7 Å². The normalized spacial score (nSPS) is 19.2. The Hall–Kier alpha value is -2.78. The number of likely N-dealkylation sites (N-methyl/N-ethyl adjacent to an activating group) is 2. The van der Waals surface area contributed by atoms with Gasteiger partial charge in [0.25, 0.3) is 16.1 Å². The summed E-state index contributed by atoms with van der Waals surface area (Å²) in [5, 5.41) is 11.0. The van der Waals surface area contributed by atoms with Gasteiger partial charge in [-0.25, -0.2) is 4.79 Å². The zero-order valence-electron chi connectivity index (χ0n) is 31.5. The number of carbonyl (C=O) groups excluding carboxylic acids is 5. The van der Waals surface area contributed by atoms with Gasteiger partial charge < -0.3 is 26.2 Å². The molecule has 1 unspecified atom stereocenters. The van der Waals surface area contributed by atoms with E-state index in [1.165, 1.54) is 30.3 Å². The first-order valence-corrected chi connectivity index (χ1v) is 18.4. The van der Waals surface area contributed by atoms with Gasteiger partial charge in [-0.3, -0.25) is 19.2 Å². The second-order valence-electron chi connectivity index (χ2n) is 15.6. The predicted molar refractivity (Wildman–Crippen MR) is 187 cm³/mol. The fraction of sp³-hybridized carbons (Fsp3) is 0.848. The summed E-state index contributed by atoms with van der Waals surface area (Å²) in [6.07, 6.45) is 2.04. The molecule has 0 spiro atoms. The number of ketones is 1. The van der Waals surface area contributed by atoms with Gasteiger partial charge in [0.2, 0.25) is 17.6 Å². The number of nitrogens with zero attached hydrogens (tertiary/aromatic N) is 3. The number of Topliss-reactive ketones (excluding diaryl/α,β-unsaturated/α-hetero) is 1. The van der Waals surface area contributed by atoms with Gasteiger partial charge in [-0.15, -0.1) is 0 Å². The number of urea groups is 1. The summed E-state index contributed by atoms with van der Waals surface area (Å²) in [5.41, 5.74) is -1.32. The van der Waals surface area contributed by atoms with Crippen LogP contribution in [0.3, 0.4) is 0 Å². The van der Waals surface area contributed by atoms with Crippen molar-refractivity contribution < 1.29 is 32.4 Å². The fourth-order valence-corrected chi connectivity index (χ4v) is 6.40. The smallest absolute Gasteiger partial charge is 0.315 e. The first-order valence-electron chi connectivity index (χ1n) is 17.0. The maximum atomic E-state index is 14.3. The lowest BCUT2D eigenvalue weighted by molar-refractivity contribution is -0.143. The topological polar surface area (TPSA) is 177 Å². The Bertz CT molecular complexity index is 1240. The fourth-order valence-electron chi connectivity index (χ4n) is 5.51. The van der Waals surface area contributed by atoms with E-state index in [9.17, 15) is 32.4 Å². The maximum absolute atomic E-state index is 14.3. The Morgan fingerprint density at radius 1 is 0.896 bits per heavy atom. The summed E-state index contributed by atoms with van der Waals surface area (Å²) in [4.78, 5) is 68.5. The molecule has 48 heavy (non-hydrogen) atoms. The Labute approximate surface area is 289 Å². The van der Waals surface area contributed by atoms with Gasteiger partial charge in [-0.2, -0.15) is 17.0 Å². The summed E-state index contributed by atoms with van der Waals surface area (Å²) < 4.78 is 27.7. The highest BCUT2D eigenvalue weighted by Gasteiger charge is 2.46. The summed E-state index contributed by atoms with van der Waals surface area (Å²) in [6.45, 7) is 19.3. The molecule has 0 aromatic carbocycles. The Morgan fingerprint density at radius 2 is 1.48 bits per heavy atom. The second-order valence-corrected chi connectivity index (χ2v) is 17.8. The number of likely N-dealkylation sites (tertiary alicyclic amines) is 1. The van der Waals surface area contributed by atoms with E-state index in [0.717, 1.165) is 10.7 Å². The lowest BCUT2D eigenvalue weighted by Crippen LogP contribution is -2.62. The van der Waals surface area contributed by atoms with Crippen LogP contribution in [0.25, 0.3) is 0 Å². The van der Waals surface area contributed by atoms with E-state index >= 15 is 0 Å². The maximum Gasteiger partial charge on any atom is 0.315 e. The average molecular weight is 702 g/mol. The van der Waals surface area contributed by atoms with Crippen LogP contribution in [-0.4, -0.2) is 116 Å². The molecule has 4 N–H and O–H groups in total. The first-order chi connectivity index (χ1) is 21.9. The van der Waals surface area contributed by atoms with Crippen LogP contribution in [0.5, 0.6) is 0 Å². The van der Waals surface area contributed by atoms with Gasteiger partial charge in [0.05, 0.1) is 6.04 Å². The van der Waals surface area contributed by atoms with E-state index in [4.69, 9.17) is 0 Å². The lowest BCUT2D eigenvalue weighted by Gasteiger charge is -2.38. The molecule has 1 aliphatic heterocycles.